The number of hydrogen-bond acceptors (Lipinski definition) is 4. The Hall–Kier alpha value is -2.69. The van der Waals surface area contributed by atoms with Crippen LogP contribution in [-0.2, 0) is 11.3 Å². The second-order valence-electron chi connectivity index (χ2n) is 4.11. The number of nitrogens with zero attached hydrogens (tertiary/aromatic N) is 1. The summed E-state index contributed by atoms with van der Waals surface area (Å²) in [5, 5.41) is 2.57. The van der Waals surface area contributed by atoms with Gasteiger partial charge in [-0.15, -0.1) is 0 Å². The highest BCUT2D eigenvalue weighted by Gasteiger charge is 2.16. The van der Waals surface area contributed by atoms with Gasteiger partial charge in [0.15, 0.2) is 0 Å². The third-order valence-electron chi connectivity index (χ3n) is 2.71. The number of carbonyl (C=O) groups is 2. The van der Waals surface area contributed by atoms with E-state index in [-0.39, 0.29) is 6.54 Å². The molecule has 0 radical (unpaired) electrons. The predicted octanol–water partition coefficient (Wildman–Crippen LogP) is 1.59. The van der Waals surface area contributed by atoms with Gasteiger partial charge in [0.25, 0.3) is 5.91 Å². The summed E-state index contributed by atoms with van der Waals surface area (Å²) < 4.78 is 5.02. The van der Waals surface area contributed by atoms with Gasteiger partial charge in [0.1, 0.15) is 5.75 Å². The molecule has 0 fully saturated rings. The second kappa shape index (κ2) is 6.47. The maximum absolute atomic E-state index is 12.0. The maximum Gasteiger partial charge on any atom is 0.292 e. The Bertz CT molecular complexity index is 612. The van der Waals surface area contributed by atoms with Gasteiger partial charge in [-0.05, 0) is 23.8 Å². The van der Waals surface area contributed by atoms with Crippen LogP contribution in [0.4, 0.5) is 0 Å². The highest BCUT2D eigenvalue weighted by atomic mass is 16.5. The summed E-state index contributed by atoms with van der Waals surface area (Å²) in [5.74, 6) is -0.703. The molecule has 2 rings (SSSR count). The Morgan fingerprint density at radius 3 is 2.80 bits per heavy atom. The average molecular weight is 270 g/mol. The summed E-state index contributed by atoms with van der Waals surface area (Å²) in [7, 11) is 1.51. The van der Waals surface area contributed by atoms with Crippen molar-refractivity contribution in [2.45, 2.75) is 6.54 Å². The summed E-state index contributed by atoms with van der Waals surface area (Å²) >= 11 is 0. The molecule has 0 aliphatic heterocycles. The van der Waals surface area contributed by atoms with E-state index in [4.69, 9.17) is 4.74 Å². The fourth-order valence-electron chi connectivity index (χ4n) is 1.66. The number of carbonyl (C=O) groups excluding carboxylic acids is 2. The minimum absolute atomic E-state index is 0.266. The lowest BCUT2D eigenvalue weighted by Gasteiger charge is -2.05. The van der Waals surface area contributed by atoms with E-state index in [1.54, 1.807) is 36.7 Å². The van der Waals surface area contributed by atoms with Gasteiger partial charge in [-0.25, -0.2) is 0 Å². The molecule has 1 aromatic heterocycles. The molecule has 102 valence electrons. The number of Topliss-reactive ketones (excluding diaryl/α,β-unsaturated/α-hetero) is 1. The van der Waals surface area contributed by atoms with Crippen LogP contribution >= 0.6 is 0 Å². The number of ether oxygens (including phenoxy) is 1. The first-order valence-electron chi connectivity index (χ1n) is 6.06. The van der Waals surface area contributed by atoms with Gasteiger partial charge in [-0.2, -0.15) is 0 Å². The number of ketones is 1. The van der Waals surface area contributed by atoms with Crippen LogP contribution in [0.3, 0.4) is 0 Å². The highest BCUT2D eigenvalue weighted by molar-refractivity contribution is 6.42. The molecule has 1 aromatic carbocycles. The first-order chi connectivity index (χ1) is 9.70. The fraction of sp³-hybridized carbons (Fsp3) is 0.133. The fourth-order valence-corrected chi connectivity index (χ4v) is 1.66. The van der Waals surface area contributed by atoms with Crippen LogP contribution in [0.1, 0.15) is 15.9 Å². The van der Waals surface area contributed by atoms with E-state index in [1.165, 1.54) is 13.2 Å². The maximum atomic E-state index is 12.0. The van der Waals surface area contributed by atoms with E-state index in [0.717, 1.165) is 5.56 Å². The van der Waals surface area contributed by atoms with Crippen molar-refractivity contribution < 1.29 is 14.3 Å². The standard InChI is InChI=1S/C15H14N2O3/c1-20-13-6-2-5-12(8-13)14(18)15(19)17-10-11-4-3-7-16-9-11/h2-9H,10H2,1H3,(H,17,19). The number of amides is 1. The molecular formula is C15H14N2O3. The molecule has 1 heterocycles. The van der Waals surface area contributed by atoms with Crippen LogP contribution < -0.4 is 10.1 Å². The van der Waals surface area contributed by atoms with Crippen LogP contribution in [0.5, 0.6) is 5.75 Å². The highest BCUT2D eigenvalue weighted by Crippen LogP contribution is 2.13. The van der Waals surface area contributed by atoms with Crippen LogP contribution in [0.15, 0.2) is 48.8 Å². The van der Waals surface area contributed by atoms with Crippen LogP contribution in [0, 0.1) is 0 Å². The first kappa shape index (κ1) is 13.7. The number of hydrogen-bond donors (Lipinski definition) is 1. The number of benzene rings is 1. The monoisotopic (exact) mass is 270 g/mol. The molecule has 1 N–H and O–H groups in total. The van der Waals surface area contributed by atoms with E-state index in [9.17, 15) is 9.59 Å². The molecule has 2 aromatic rings. The van der Waals surface area contributed by atoms with Crippen molar-refractivity contribution in [1.82, 2.24) is 10.3 Å². The zero-order valence-corrected chi connectivity index (χ0v) is 11.0. The zero-order chi connectivity index (χ0) is 14.4. The largest absolute Gasteiger partial charge is 0.497 e. The third kappa shape index (κ3) is 3.41. The molecule has 0 aliphatic carbocycles. The Morgan fingerprint density at radius 1 is 1.25 bits per heavy atom. The van der Waals surface area contributed by atoms with Crippen molar-refractivity contribution in [2.24, 2.45) is 0 Å². The van der Waals surface area contributed by atoms with Gasteiger partial charge in [0, 0.05) is 24.5 Å². The molecule has 0 aliphatic rings. The first-order valence-corrected chi connectivity index (χ1v) is 6.06. The third-order valence-corrected chi connectivity index (χ3v) is 2.71. The molecule has 5 heteroatoms. The normalized spacial score (nSPS) is 9.85. The number of aromatic nitrogens is 1. The Labute approximate surface area is 116 Å². The zero-order valence-electron chi connectivity index (χ0n) is 11.0. The van der Waals surface area contributed by atoms with Crippen LogP contribution in [0.25, 0.3) is 0 Å². The lowest BCUT2D eigenvalue weighted by atomic mass is 10.1. The van der Waals surface area contributed by atoms with Gasteiger partial charge in [-0.1, -0.05) is 18.2 Å². The molecule has 0 unspecified atom stereocenters. The Balaban J connectivity index is 2.00. The molecule has 5 nitrogen and oxygen atoms in total. The van der Waals surface area contributed by atoms with E-state index < -0.39 is 11.7 Å². The van der Waals surface area contributed by atoms with Gasteiger partial charge in [0.2, 0.25) is 5.78 Å². The van der Waals surface area contributed by atoms with Crippen molar-refractivity contribution in [3.05, 3.63) is 59.9 Å². The Morgan fingerprint density at radius 2 is 2.10 bits per heavy atom. The number of rotatable bonds is 5. The van der Waals surface area contributed by atoms with Gasteiger partial charge >= 0.3 is 0 Å². The summed E-state index contributed by atoms with van der Waals surface area (Å²) in [6.45, 7) is 0.266. The summed E-state index contributed by atoms with van der Waals surface area (Å²) in [5.41, 5.74) is 1.13. The van der Waals surface area contributed by atoms with E-state index in [0.29, 0.717) is 11.3 Å². The number of pyridine rings is 1. The van der Waals surface area contributed by atoms with Crippen molar-refractivity contribution in [2.75, 3.05) is 7.11 Å². The summed E-state index contributed by atoms with van der Waals surface area (Å²) in [4.78, 5) is 27.7. The van der Waals surface area contributed by atoms with Crippen molar-refractivity contribution in [3.63, 3.8) is 0 Å². The Kier molecular flexibility index (Phi) is 4.44. The van der Waals surface area contributed by atoms with Gasteiger partial charge in [-0.3, -0.25) is 14.6 Å². The SMILES string of the molecule is COc1cccc(C(=O)C(=O)NCc2cccnc2)c1. The van der Waals surface area contributed by atoms with E-state index in [1.807, 2.05) is 6.07 Å². The lowest BCUT2D eigenvalue weighted by molar-refractivity contribution is -0.117. The predicted molar refractivity (Wildman–Crippen MR) is 73.4 cm³/mol. The minimum atomic E-state index is -0.651. The van der Waals surface area contributed by atoms with E-state index in [2.05, 4.69) is 10.3 Å². The van der Waals surface area contributed by atoms with Gasteiger partial charge in [0.05, 0.1) is 7.11 Å². The molecule has 1 amide bonds. The quantitative estimate of drug-likeness (QED) is 0.661. The molecular weight excluding hydrogens is 256 g/mol. The average Bonchev–Trinajstić information content (AvgIpc) is 2.53. The van der Waals surface area contributed by atoms with Gasteiger partial charge < -0.3 is 10.1 Å². The molecule has 20 heavy (non-hydrogen) atoms. The summed E-state index contributed by atoms with van der Waals surface area (Å²) in [6, 6.07) is 10.1. The summed E-state index contributed by atoms with van der Waals surface area (Å²) in [6.07, 6.45) is 3.28. The van der Waals surface area contributed by atoms with E-state index >= 15 is 0 Å². The molecule has 0 saturated carbocycles. The van der Waals surface area contributed by atoms with Crippen LogP contribution in [-0.4, -0.2) is 23.8 Å². The van der Waals surface area contributed by atoms with Crippen molar-refractivity contribution in [3.8, 4) is 5.75 Å². The lowest BCUT2D eigenvalue weighted by Crippen LogP contribution is -2.30. The molecule has 0 atom stereocenters. The number of methoxy groups -OCH3 is 1. The van der Waals surface area contributed by atoms with Crippen molar-refractivity contribution >= 4 is 11.7 Å². The van der Waals surface area contributed by atoms with Crippen molar-refractivity contribution in [1.29, 1.82) is 0 Å². The molecule has 0 bridgehead atoms. The second-order valence-corrected chi connectivity index (χ2v) is 4.11. The minimum Gasteiger partial charge on any atom is -0.497 e. The molecule has 0 saturated heterocycles. The van der Waals surface area contributed by atoms with Crippen LogP contribution in [0.2, 0.25) is 0 Å². The number of nitrogens with one attached hydrogen (secondary N) is 1. The topological polar surface area (TPSA) is 68.3 Å². The smallest absolute Gasteiger partial charge is 0.292 e. The molecule has 0 spiro atoms.